The van der Waals surface area contributed by atoms with Gasteiger partial charge in [-0.05, 0) is 17.7 Å². The number of carboxylic acid groups (broad SMARTS) is 1. The molecule has 0 aliphatic heterocycles. The summed E-state index contributed by atoms with van der Waals surface area (Å²) in [6, 6.07) is 7.17. The molecule has 0 saturated heterocycles. The van der Waals surface area contributed by atoms with Crippen LogP contribution in [0.4, 0.5) is 5.69 Å². The molecule has 4 nitrogen and oxygen atoms in total. The third-order valence-electron chi connectivity index (χ3n) is 1.62. The standard InChI is InChI=1S/C10H12N2O2.ClH/c1-7(11)12-9-4-2-3-8(5-9)6-10(13)14;/h2-5H,6H2,1H3,(H2,11,12)(H,13,14);1H. The van der Waals surface area contributed by atoms with Crippen molar-refractivity contribution in [2.24, 2.45) is 5.73 Å². The zero-order valence-electron chi connectivity index (χ0n) is 8.33. The Morgan fingerprint density at radius 2 is 2.20 bits per heavy atom. The Labute approximate surface area is 94.2 Å². The van der Waals surface area contributed by atoms with Gasteiger partial charge in [0.1, 0.15) is 5.69 Å². The molecule has 0 atom stereocenters. The number of benzene rings is 1. The zero-order valence-corrected chi connectivity index (χ0v) is 9.08. The number of carbonyl (C=O) groups is 1. The Balaban J connectivity index is 0.00000196. The highest BCUT2D eigenvalue weighted by Crippen LogP contribution is 2.05. The minimum atomic E-state index is -0.837. The van der Waals surface area contributed by atoms with Gasteiger partial charge in [0.2, 0.25) is 5.84 Å². The molecule has 0 heterocycles. The first kappa shape index (κ1) is 13.4. The van der Waals surface area contributed by atoms with Crippen molar-refractivity contribution in [1.82, 2.24) is 0 Å². The molecule has 0 unspecified atom stereocenters. The van der Waals surface area contributed by atoms with Gasteiger partial charge >= 0.3 is 5.97 Å². The van der Waals surface area contributed by atoms with Crippen molar-refractivity contribution in [3.05, 3.63) is 29.8 Å². The van der Waals surface area contributed by atoms with Crippen LogP contribution < -0.4 is 23.1 Å². The zero-order chi connectivity index (χ0) is 10.6. The maximum Gasteiger partial charge on any atom is 0.307 e. The molecule has 0 bridgehead atoms. The monoisotopic (exact) mass is 228 g/mol. The molecule has 0 spiro atoms. The summed E-state index contributed by atoms with van der Waals surface area (Å²) in [4.78, 5) is 13.4. The molecule has 0 aliphatic rings. The highest BCUT2D eigenvalue weighted by Gasteiger charge is 2.01. The molecule has 4 N–H and O–H groups in total. The summed E-state index contributed by atoms with van der Waals surface area (Å²) in [5.41, 5.74) is 7.03. The first-order chi connectivity index (χ1) is 6.58. The van der Waals surface area contributed by atoms with Crippen molar-refractivity contribution in [1.29, 1.82) is 0 Å². The van der Waals surface area contributed by atoms with Gasteiger partial charge in [0.05, 0.1) is 6.42 Å². The number of amidine groups is 1. The highest BCUT2D eigenvalue weighted by molar-refractivity contribution is 5.72. The van der Waals surface area contributed by atoms with E-state index in [4.69, 9.17) is 10.8 Å². The Kier molecular flexibility index (Phi) is 5.41. The topological polar surface area (TPSA) is 77.3 Å². The average molecular weight is 229 g/mol. The number of rotatable bonds is 3. The van der Waals surface area contributed by atoms with E-state index < -0.39 is 5.97 Å². The molecule has 0 aromatic heterocycles. The molecule has 0 fully saturated rings. The fraction of sp³-hybridized carbons (Fsp3) is 0.200. The molecule has 0 saturated carbocycles. The third kappa shape index (κ3) is 5.02. The molecule has 0 amide bonds. The summed E-state index contributed by atoms with van der Waals surface area (Å²) in [5, 5.41) is 8.59. The van der Waals surface area contributed by atoms with Crippen LogP contribution in [0.1, 0.15) is 12.5 Å². The van der Waals surface area contributed by atoms with E-state index in [0.717, 1.165) is 11.3 Å². The van der Waals surface area contributed by atoms with E-state index >= 15 is 0 Å². The maximum absolute atomic E-state index is 10.5. The number of hydrogen-bond donors (Lipinski definition) is 3. The lowest BCUT2D eigenvalue weighted by atomic mass is 10.1. The molecule has 82 valence electrons. The van der Waals surface area contributed by atoms with E-state index in [-0.39, 0.29) is 18.8 Å². The molecule has 1 aromatic carbocycles. The third-order valence-corrected chi connectivity index (χ3v) is 1.62. The Bertz CT molecular complexity index is 373. The van der Waals surface area contributed by atoms with Crippen LogP contribution in [0.3, 0.4) is 0 Å². The van der Waals surface area contributed by atoms with E-state index in [1.807, 2.05) is 6.07 Å². The number of halogens is 1. The smallest absolute Gasteiger partial charge is 0.307 e. The van der Waals surface area contributed by atoms with Crippen LogP contribution in [0.5, 0.6) is 0 Å². The Morgan fingerprint density at radius 1 is 1.53 bits per heavy atom. The lowest BCUT2D eigenvalue weighted by Crippen LogP contribution is -3.00. The van der Waals surface area contributed by atoms with Gasteiger partial charge in [-0.2, -0.15) is 0 Å². The summed E-state index contributed by atoms with van der Waals surface area (Å²) < 4.78 is 0. The molecule has 1 aromatic rings. The van der Waals surface area contributed by atoms with Gasteiger partial charge in [0, 0.05) is 6.92 Å². The van der Waals surface area contributed by atoms with Gasteiger partial charge in [0.15, 0.2) is 0 Å². The van der Waals surface area contributed by atoms with E-state index in [1.54, 1.807) is 25.1 Å². The molecular formula is C10H13ClN2O2. The summed E-state index contributed by atoms with van der Waals surface area (Å²) >= 11 is 0. The summed E-state index contributed by atoms with van der Waals surface area (Å²) in [6.45, 7) is 1.74. The summed E-state index contributed by atoms with van der Waals surface area (Å²) in [7, 11) is 0. The van der Waals surface area contributed by atoms with Crippen molar-refractivity contribution < 1.29 is 27.3 Å². The van der Waals surface area contributed by atoms with Gasteiger partial charge in [0.25, 0.3) is 0 Å². The first-order valence-corrected chi connectivity index (χ1v) is 4.24. The van der Waals surface area contributed by atoms with Crippen LogP contribution in [0.15, 0.2) is 24.3 Å². The first-order valence-electron chi connectivity index (χ1n) is 4.24. The number of hydrogen-bond acceptors (Lipinski definition) is 1. The number of nitrogens with one attached hydrogen (secondary N) is 1. The van der Waals surface area contributed by atoms with Crippen LogP contribution in [0.25, 0.3) is 0 Å². The van der Waals surface area contributed by atoms with Crippen molar-refractivity contribution in [3.8, 4) is 0 Å². The lowest BCUT2D eigenvalue weighted by Gasteiger charge is -1.97. The maximum atomic E-state index is 10.5. The highest BCUT2D eigenvalue weighted by atomic mass is 35.5. The van der Waals surface area contributed by atoms with Gasteiger partial charge in [-0.15, -0.1) is 0 Å². The van der Waals surface area contributed by atoms with Gasteiger partial charge in [-0.25, -0.2) is 4.99 Å². The second-order valence-corrected chi connectivity index (χ2v) is 3.08. The molecule has 1 rings (SSSR count). The molecule has 0 radical (unpaired) electrons. The van der Waals surface area contributed by atoms with Crippen LogP contribution in [0.2, 0.25) is 0 Å². The predicted octanol–water partition coefficient (Wildman–Crippen LogP) is -3.59. The van der Waals surface area contributed by atoms with Crippen LogP contribution in [-0.2, 0) is 11.2 Å². The van der Waals surface area contributed by atoms with E-state index in [2.05, 4.69) is 4.99 Å². The van der Waals surface area contributed by atoms with E-state index in [0.29, 0.717) is 5.84 Å². The quantitative estimate of drug-likeness (QED) is 0.370. The Hall–Kier alpha value is -1.55. The number of carboxylic acids is 1. The second-order valence-electron chi connectivity index (χ2n) is 3.08. The number of nitrogens with two attached hydrogens (primary N) is 1. The Morgan fingerprint density at radius 3 is 2.73 bits per heavy atom. The fourth-order valence-electron chi connectivity index (χ4n) is 1.16. The SMILES string of the molecule is CC(N)=[NH+]c1cccc(CC(=O)O)c1.[Cl-]. The van der Waals surface area contributed by atoms with Crippen LogP contribution >= 0.6 is 0 Å². The van der Waals surface area contributed by atoms with E-state index in [9.17, 15) is 4.79 Å². The van der Waals surface area contributed by atoms with E-state index in [1.165, 1.54) is 0 Å². The van der Waals surface area contributed by atoms with Crippen molar-refractivity contribution in [2.75, 3.05) is 0 Å². The predicted molar refractivity (Wildman–Crippen MR) is 53.3 cm³/mol. The van der Waals surface area contributed by atoms with Crippen molar-refractivity contribution >= 4 is 17.5 Å². The lowest BCUT2D eigenvalue weighted by molar-refractivity contribution is -0.355. The molecular weight excluding hydrogens is 216 g/mol. The van der Waals surface area contributed by atoms with Gasteiger partial charge in [-0.3, -0.25) is 10.5 Å². The average Bonchev–Trinajstić information content (AvgIpc) is 2.01. The van der Waals surface area contributed by atoms with Gasteiger partial charge in [-0.1, -0.05) is 12.1 Å². The van der Waals surface area contributed by atoms with Crippen molar-refractivity contribution in [3.63, 3.8) is 0 Å². The van der Waals surface area contributed by atoms with Crippen LogP contribution in [0, 0.1) is 0 Å². The van der Waals surface area contributed by atoms with Gasteiger partial charge < -0.3 is 17.5 Å². The van der Waals surface area contributed by atoms with Crippen molar-refractivity contribution in [2.45, 2.75) is 13.3 Å². The molecule has 0 aliphatic carbocycles. The largest absolute Gasteiger partial charge is 1.00 e. The second kappa shape index (κ2) is 6.03. The molecule has 5 heteroatoms. The number of aliphatic carboxylic acids is 1. The fourth-order valence-corrected chi connectivity index (χ4v) is 1.16. The minimum absolute atomic E-state index is 0. The molecule has 15 heavy (non-hydrogen) atoms. The normalized spacial score (nSPS) is 10.6. The minimum Gasteiger partial charge on any atom is -1.00 e. The summed E-state index contributed by atoms with van der Waals surface area (Å²) in [5.74, 6) is -0.256. The van der Waals surface area contributed by atoms with Crippen LogP contribution in [-0.4, -0.2) is 16.9 Å². The summed E-state index contributed by atoms with van der Waals surface area (Å²) in [6.07, 6.45) is 0.0269.